The van der Waals surface area contributed by atoms with Crippen molar-refractivity contribution in [2.75, 3.05) is 0 Å². The molecule has 0 fully saturated rings. The van der Waals surface area contributed by atoms with Crippen LogP contribution in [0.25, 0.3) is 0 Å². The van der Waals surface area contributed by atoms with E-state index in [4.69, 9.17) is 28.3 Å². The van der Waals surface area contributed by atoms with Crippen molar-refractivity contribution in [2.24, 2.45) is 0 Å². The third-order valence-corrected chi connectivity index (χ3v) is 3.76. The van der Waals surface area contributed by atoms with E-state index < -0.39 is 22.9 Å². The van der Waals surface area contributed by atoms with Gasteiger partial charge in [-0.25, -0.2) is 9.59 Å². The Labute approximate surface area is 133 Å². The second kappa shape index (κ2) is 6.78. The lowest BCUT2D eigenvalue weighted by Crippen LogP contribution is -2.32. The summed E-state index contributed by atoms with van der Waals surface area (Å²) in [7, 11) is 0. The van der Waals surface area contributed by atoms with E-state index in [1.165, 1.54) is 0 Å². The van der Waals surface area contributed by atoms with Gasteiger partial charge in [0.1, 0.15) is 5.69 Å². The molecule has 116 valence electrons. The smallest absolute Gasteiger partial charge is 0.352 e. The Morgan fingerprint density at radius 2 is 1.91 bits per heavy atom. The summed E-state index contributed by atoms with van der Waals surface area (Å²) in [5, 5.41) is 12.7. The normalized spacial score (nSPS) is 10.6. The molecule has 22 heavy (non-hydrogen) atoms. The Hall–Kier alpha value is -2.09. The number of rotatable bonds is 5. The Bertz CT molecular complexity index is 829. The first-order valence-electron chi connectivity index (χ1n) is 6.12. The molecule has 0 bridgehead atoms. The van der Waals surface area contributed by atoms with E-state index in [1.54, 1.807) is 18.2 Å². The van der Waals surface area contributed by atoms with E-state index in [-0.39, 0.29) is 18.7 Å². The number of halogens is 2. The largest absolute Gasteiger partial charge is 0.477 e. The van der Waals surface area contributed by atoms with Crippen LogP contribution in [0.2, 0.25) is 10.0 Å². The fourth-order valence-corrected chi connectivity index (χ4v) is 2.26. The average Bonchev–Trinajstić information content (AvgIpc) is 2.45. The highest BCUT2D eigenvalue weighted by molar-refractivity contribution is 6.42. The minimum atomic E-state index is -1.39. The summed E-state index contributed by atoms with van der Waals surface area (Å²) in [5.74, 6) is -1.39. The minimum Gasteiger partial charge on any atom is -0.477 e. The van der Waals surface area contributed by atoms with Crippen LogP contribution in [0.1, 0.15) is 21.6 Å². The molecule has 4 N–H and O–H groups in total. The first-order chi connectivity index (χ1) is 10.4. The predicted molar refractivity (Wildman–Crippen MR) is 81.6 cm³/mol. The monoisotopic (exact) mass is 343 g/mol. The lowest BCUT2D eigenvalue weighted by atomic mass is 10.2. The maximum Gasteiger partial charge on any atom is 0.352 e. The Kier molecular flexibility index (Phi) is 5.02. The number of hydrogen-bond donors (Lipinski definition) is 4. The second-order valence-corrected chi connectivity index (χ2v) is 5.17. The zero-order valence-corrected chi connectivity index (χ0v) is 12.6. The van der Waals surface area contributed by atoms with Crippen molar-refractivity contribution >= 4 is 29.2 Å². The van der Waals surface area contributed by atoms with Gasteiger partial charge >= 0.3 is 11.7 Å². The van der Waals surface area contributed by atoms with Gasteiger partial charge in [-0.2, -0.15) is 0 Å². The molecule has 0 aliphatic heterocycles. The van der Waals surface area contributed by atoms with Gasteiger partial charge in [-0.1, -0.05) is 35.3 Å². The fraction of sp³-hybridized carbons (Fsp3) is 0.154. The molecular weight excluding hydrogens is 333 g/mol. The van der Waals surface area contributed by atoms with Crippen LogP contribution >= 0.6 is 23.2 Å². The Morgan fingerprint density at radius 3 is 2.59 bits per heavy atom. The number of carboxylic acids is 1. The number of benzene rings is 1. The summed E-state index contributed by atoms with van der Waals surface area (Å²) in [4.78, 5) is 38.0. The third kappa shape index (κ3) is 3.56. The number of carbonyl (C=O) groups is 1. The summed E-state index contributed by atoms with van der Waals surface area (Å²) in [6, 6.07) is 5.11. The van der Waals surface area contributed by atoms with Crippen molar-refractivity contribution in [3.8, 4) is 0 Å². The summed E-state index contributed by atoms with van der Waals surface area (Å²) in [5.41, 5.74) is -1.45. The van der Waals surface area contributed by atoms with Crippen molar-refractivity contribution in [3.05, 3.63) is 65.9 Å². The van der Waals surface area contributed by atoms with Gasteiger partial charge < -0.3 is 15.4 Å². The molecule has 1 aromatic carbocycles. The van der Waals surface area contributed by atoms with Gasteiger partial charge in [-0.3, -0.25) is 9.78 Å². The molecule has 1 aromatic heterocycles. The summed E-state index contributed by atoms with van der Waals surface area (Å²) in [6.45, 7) is 0.216. The number of aromatic amines is 2. The van der Waals surface area contributed by atoms with Gasteiger partial charge in [0.2, 0.25) is 0 Å². The van der Waals surface area contributed by atoms with E-state index in [1.807, 2.05) is 4.98 Å². The van der Waals surface area contributed by atoms with Crippen LogP contribution in [-0.2, 0) is 13.1 Å². The number of H-pyrrole nitrogens is 2. The molecule has 0 aliphatic carbocycles. The summed E-state index contributed by atoms with van der Waals surface area (Å²) >= 11 is 11.9. The van der Waals surface area contributed by atoms with Gasteiger partial charge in [0.05, 0.1) is 15.6 Å². The molecule has 9 heteroatoms. The van der Waals surface area contributed by atoms with Gasteiger partial charge in [0.25, 0.3) is 5.56 Å². The second-order valence-electron chi connectivity index (χ2n) is 4.38. The molecule has 0 saturated heterocycles. The summed E-state index contributed by atoms with van der Waals surface area (Å²) < 4.78 is 0. The van der Waals surface area contributed by atoms with E-state index in [0.29, 0.717) is 15.6 Å². The average molecular weight is 344 g/mol. The maximum atomic E-state index is 11.7. The molecule has 0 aliphatic rings. The molecule has 2 rings (SSSR count). The standard InChI is InChI=1S/C13H11Cl2N3O4/c14-8-3-1-2-6(9(8)15)4-16-5-7-10(12(20)21)17-13(22)18-11(7)19/h1-3,16H,4-5H2,(H,20,21)(H2,17,18,19,22). The van der Waals surface area contributed by atoms with Crippen LogP contribution < -0.4 is 16.6 Å². The van der Waals surface area contributed by atoms with Gasteiger partial charge in [-0.15, -0.1) is 0 Å². The first kappa shape index (κ1) is 16.3. The summed E-state index contributed by atoms with van der Waals surface area (Å²) in [6.07, 6.45) is 0. The number of aromatic carboxylic acids is 1. The van der Waals surface area contributed by atoms with Crippen LogP contribution in [-0.4, -0.2) is 21.0 Å². The topological polar surface area (TPSA) is 115 Å². The highest BCUT2D eigenvalue weighted by atomic mass is 35.5. The molecule has 0 spiro atoms. The lowest BCUT2D eigenvalue weighted by Gasteiger charge is -2.08. The van der Waals surface area contributed by atoms with Gasteiger partial charge in [0, 0.05) is 13.1 Å². The molecule has 0 saturated carbocycles. The zero-order valence-electron chi connectivity index (χ0n) is 11.1. The molecule has 0 unspecified atom stereocenters. The highest BCUT2D eigenvalue weighted by Crippen LogP contribution is 2.25. The van der Waals surface area contributed by atoms with Crippen molar-refractivity contribution in [3.63, 3.8) is 0 Å². The number of aromatic nitrogens is 2. The van der Waals surface area contributed by atoms with Crippen LogP contribution in [0.4, 0.5) is 0 Å². The number of hydrogen-bond acceptors (Lipinski definition) is 4. The van der Waals surface area contributed by atoms with E-state index in [9.17, 15) is 14.4 Å². The van der Waals surface area contributed by atoms with E-state index >= 15 is 0 Å². The number of carboxylic acid groups (broad SMARTS) is 1. The molecule has 1 heterocycles. The quantitative estimate of drug-likeness (QED) is 0.654. The molecule has 0 radical (unpaired) electrons. The highest BCUT2D eigenvalue weighted by Gasteiger charge is 2.15. The fourth-order valence-electron chi connectivity index (χ4n) is 1.87. The predicted octanol–water partition coefficient (Wildman–Crippen LogP) is 1.36. The maximum absolute atomic E-state index is 11.7. The van der Waals surface area contributed by atoms with Crippen LogP contribution in [0.5, 0.6) is 0 Å². The zero-order chi connectivity index (χ0) is 16.3. The molecule has 0 atom stereocenters. The van der Waals surface area contributed by atoms with Gasteiger partial charge in [0.15, 0.2) is 0 Å². The van der Waals surface area contributed by atoms with Crippen molar-refractivity contribution in [1.29, 1.82) is 0 Å². The Morgan fingerprint density at radius 1 is 1.18 bits per heavy atom. The third-order valence-electron chi connectivity index (χ3n) is 2.90. The minimum absolute atomic E-state index is 0.0589. The molecular formula is C13H11Cl2N3O4. The Balaban J connectivity index is 2.19. The van der Waals surface area contributed by atoms with Gasteiger partial charge in [-0.05, 0) is 11.6 Å². The molecule has 2 aromatic rings. The van der Waals surface area contributed by atoms with Crippen LogP contribution in [0.15, 0.2) is 27.8 Å². The molecule has 7 nitrogen and oxygen atoms in total. The first-order valence-corrected chi connectivity index (χ1v) is 6.88. The van der Waals surface area contributed by atoms with Crippen molar-refractivity contribution in [1.82, 2.24) is 15.3 Å². The van der Waals surface area contributed by atoms with Crippen molar-refractivity contribution in [2.45, 2.75) is 13.1 Å². The molecule has 0 amide bonds. The van der Waals surface area contributed by atoms with Crippen LogP contribution in [0, 0.1) is 0 Å². The SMILES string of the molecule is O=C(O)c1[nH]c(=O)[nH]c(=O)c1CNCc1cccc(Cl)c1Cl. The lowest BCUT2D eigenvalue weighted by molar-refractivity contribution is 0.0688. The van der Waals surface area contributed by atoms with E-state index in [0.717, 1.165) is 0 Å². The number of nitrogens with one attached hydrogen (secondary N) is 3. The van der Waals surface area contributed by atoms with Crippen LogP contribution in [0.3, 0.4) is 0 Å². The van der Waals surface area contributed by atoms with E-state index in [2.05, 4.69) is 10.3 Å². The van der Waals surface area contributed by atoms with Crippen molar-refractivity contribution < 1.29 is 9.90 Å².